The van der Waals surface area contributed by atoms with Gasteiger partial charge in [-0.15, -0.1) is 23.7 Å². The summed E-state index contributed by atoms with van der Waals surface area (Å²) < 4.78 is 0. The number of carbonyl (C=O) groups excluding carboxylic acids is 2. The van der Waals surface area contributed by atoms with Gasteiger partial charge in [0.25, 0.3) is 5.91 Å². The lowest BCUT2D eigenvalue weighted by atomic mass is 10.2. The van der Waals surface area contributed by atoms with Crippen LogP contribution in [0.15, 0.2) is 17.5 Å². The lowest BCUT2D eigenvalue weighted by molar-refractivity contribution is -0.122. The van der Waals surface area contributed by atoms with Crippen LogP contribution >= 0.6 is 35.5 Å². The predicted octanol–water partition coefficient (Wildman–Crippen LogP) is 1.49. The molecule has 0 spiro atoms. The SMILES string of the molecule is CSCC[C@H](N)C(=O)NCCCNC(=O)c1cccs1.Cl. The van der Waals surface area contributed by atoms with Gasteiger partial charge in [0, 0.05) is 13.1 Å². The summed E-state index contributed by atoms with van der Waals surface area (Å²) in [6, 6.07) is 3.19. The van der Waals surface area contributed by atoms with E-state index in [1.165, 1.54) is 11.3 Å². The average molecular weight is 352 g/mol. The van der Waals surface area contributed by atoms with Crippen molar-refractivity contribution in [1.29, 1.82) is 0 Å². The van der Waals surface area contributed by atoms with Gasteiger partial charge in [0.2, 0.25) is 5.91 Å². The third-order valence-corrected chi connectivity index (χ3v) is 4.17. The van der Waals surface area contributed by atoms with Crippen LogP contribution in [0.3, 0.4) is 0 Å². The van der Waals surface area contributed by atoms with Crippen molar-refractivity contribution in [2.24, 2.45) is 5.73 Å². The van der Waals surface area contributed by atoms with E-state index in [1.54, 1.807) is 17.8 Å². The first-order chi connectivity index (χ1) is 9.65. The molecule has 0 aromatic carbocycles. The fourth-order valence-electron chi connectivity index (χ4n) is 1.50. The van der Waals surface area contributed by atoms with Crippen LogP contribution in [0.5, 0.6) is 0 Å². The zero-order valence-corrected chi connectivity index (χ0v) is 14.4. The Morgan fingerprint density at radius 3 is 2.71 bits per heavy atom. The van der Waals surface area contributed by atoms with Gasteiger partial charge in [0.15, 0.2) is 0 Å². The standard InChI is InChI=1S/C13H21N3O2S2.ClH/c1-19-9-5-10(14)12(17)15-6-3-7-16-13(18)11-4-2-8-20-11;/h2,4,8,10H,3,5-7,9,14H2,1H3,(H,15,17)(H,16,18);1H/t10-;/m0./s1. The van der Waals surface area contributed by atoms with Crippen molar-refractivity contribution < 1.29 is 9.59 Å². The Labute approximate surface area is 139 Å². The topological polar surface area (TPSA) is 84.2 Å². The van der Waals surface area contributed by atoms with Crippen molar-refractivity contribution in [2.75, 3.05) is 25.1 Å². The molecule has 0 bridgehead atoms. The summed E-state index contributed by atoms with van der Waals surface area (Å²) in [7, 11) is 0. The highest BCUT2D eigenvalue weighted by Gasteiger charge is 2.11. The molecule has 1 rings (SSSR count). The fourth-order valence-corrected chi connectivity index (χ4v) is 2.63. The predicted molar refractivity (Wildman–Crippen MR) is 92.5 cm³/mol. The minimum absolute atomic E-state index is 0. The van der Waals surface area contributed by atoms with E-state index >= 15 is 0 Å². The summed E-state index contributed by atoms with van der Waals surface area (Å²) in [6.07, 6.45) is 3.36. The molecule has 0 saturated heterocycles. The van der Waals surface area contributed by atoms with Crippen molar-refractivity contribution in [2.45, 2.75) is 18.9 Å². The molecule has 4 N–H and O–H groups in total. The van der Waals surface area contributed by atoms with Gasteiger partial charge in [-0.25, -0.2) is 0 Å². The van der Waals surface area contributed by atoms with E-state index < -0.39 is 6.04 Å². The van der Waals surface area contributed by atoms with Gasteiger partial charge in [0.05, 0.1) is 10.9 Å². The summed E-state index contributed by atoms with van der Waals surface area (Å²) in [6.45, 7) is 1.06. The van der Waals surface area contributed by atoms with E-state index in [4.69, 9.17) is 5.73 Å². The van der Waals surface area contributed by atoms with E-state index in [1.807, 2.05) is 17.7 Å². The number of halogens is 1. The normalized spacial score (nSPS) is 11.3. The van der Waals surface area contributed by atoms with E-state index in [0.29, 0.717) is 30.8 Å². The van der Waals surface area contributed by atoms with Crippen molar-refractivity contribution in [3.8, 4) is 0 Å². The molecule has 1 atom stereocenters. The molecule has 120 valence electrons. The highest BCUT2D eigenvalue weighted by atomic mass is 35.5. The van der Waals surface area contributed by atoms with Crippen LogP contribution in [0.2, 0.25) is 0 Å². The van der Waals surface area contributed by atoms with E-state index in [0.717, 1.165) is 5.75 Å². The minimum Gasteiger partial charge on any atom is -0.355 e. The van der Waals surface area contributed by atoms with Crippen molar-refractivity contribution >= 4 is 47.3 Å². The van der Waals surface area contributed by atoms with E-state index in [9.17, 15) is 9.59 Å². The third-order valence-electron chi connectivity index (χ3n) is 2.65. The van der Waals surface area contributed by atoms with Gasteiger partial charge in [-0.2, -0.15) is 11.8 Å². The number of amides is 2. The first kappa shape index (κ1) is 20.2. The first-order valence-corrected chi connectivity index (χ1v) is 8.76. The minimum atomic E-state index is -0.442. The van der Waals surface area contributed by atoms with Gasteiger partial charge < -0.3 is 16.4 Å². The van der Waals surface area contributed by atoms with Gasteiger partial charge >= 0.3 is 0 Å². The van der Waals surface area contributed by atoms with Gasteiger partial charge in [-0.05, 0) is 36.3 Å². The summed E-state index contributed by atoms with van der Waals surface area (Å²) >= 11 is 3.09. The lowest BCUT2D eigenvalue weighted by Gasteiger charge is -2.11. The molecule has 0 aliphatic rings. The van der Waals surface area contributed by atoms with Crippen LogP contribution in [0.25, 0.3) is 0 Å². The van der Waals surface area contributed by atoms with Gasteiger partial charge in [-0.3, -0.25) is 9.59 Å². The number of nitrogens with two attached hydrogens (primary N) is 1. The first-order valence-electron chi connectivity index (χ1n) is 6.49. The smallest absolute Gasteiger partial charge is 0.261 e. The number of hydrogen-bond acceptors (Lipinski definition) is 5. The van der Waals surface area contributed by atoms with Crippen LogP contribution in [-0.4, -0.2) is 43.0 Å². The van der Waals surface area contributed by atoms with Crippen LogP contribution in [0, 0.1) is 0 Å². The molecule has 2 amide bonds. The molecule has 0 aliphatic carbocycles. The second kappa shape index (κ2) is 11.9. The number of carbonyl (C=O) groups is 2. The lowest BCUT2D eigenvalue weighted by Crippen LogP contribution is -2.41. The van der Waals surface area contributed by atoms with Crippen LogP contribution < -0.4 is 16.4 Å². The Bertz CT molecular complexity index is 416. The highest BCUT2D eigenvalue weighted by molar-refractivity contribution is 7.98. The summed E-state index contributed by atoms with van der Waals surface area (Å²) in [4.78, 5) is 23.9. The zero-order valence-electron chi connectivity index (χ0n) is 12.0. The number of thiophene rings is 1. The molecule has 8 heteroatoms. The monoisotopic (exact) mass is 351 g/mol. The largest absolute Gasteiger partial charge is 0.355 e. The molecule has 1 aromatic heterocycles. The van der Waals surface area contributed by atoms with Crippen LogP contribution in [0.4, 0.5) is 0 Å². The average Bonchev–Trinajstić information content (AvgIpc) is 2.98. The maximum Gasteiger partial charge on any atom is 0.261 e. The summed E-state index contributed by atoms with van der Waals surface area (Å²) in [5, 5.41) is 7.45. The molecule has 5 nitrogen and oxygen atoms in total. The van der Waals surface area contributed by atoms with Gasteiger partial charge in [-0.1, -0.05) is 6.07 Å². The highest BCUT2D eigenvalue weighted by Crippen LogP contribution is 2.07. The van der Waals surface area contributed by atoms with Crippen LogP contribution in [0.1, 0.15) is 22.5 Å². The molecular weight excluding hydrogens is 330 g/mol. The van der Waals surface area contributed by atoms with Gasteiger partial charge in [0.1, 0.15) is 0 Å². The van der Waals surface area contributed by atoms with Crippen molar-refractivity contribution in [3.05, 3.63) is 22.4 Å². The Hall–Kier alpha value is -0.760. The molecule has 0 unspecified atom stereocenters. The maximum absolute atomic E-state index is 11.6. The molecule has 0 aliphatic heterocycles. The Morgan fingerprint density at radius 2 is 2.10 bits per heavy atom. The van der Waals surface area contributed by atoms with Crippen molar-refractivity contribution in [1.82, 2.24) is 10.6 Å². The molecule has 1 aromatic rings. The summed E-state index contributed by atoms with van der Waals surface area (Å²) in [5.41, 5.74) is 5.74. The number of thioether (sulfide) groups is 1. The van der Waals surface area contributed by atoms with Crippen LogP contribution in [-0.2, 0) is 4.79 Å². The quantitative estimate of drug-likeness (QED) is 0.588. The van der Waals surface area contributed by atoms with E-state index in [-0.39, 0.29) is 24.2 Å². The third kappa shape index (κ3) is 8.31. The number of hydrogen-bond donors (Lipinski definition) is 3. The zero-order chi connectivity index (χ0) is 14.8. The molecule has 1 heterocycles. The Balaban J connectivity index is 0.00000400. The molecule has 0 saturated carbocycles. The number of rotatable bonds is 9. The molecule has 0 radical (unpaired) electrons. The van der Waals surface area contributed by atoms with Crippen molar-refractivity contribution in [3.63, 3.8) is 0 Å². The molecular formula is C13H22ClN3O2S2. The Kier molecular flexibility index (Phi) is 11.4. The second-order valence-electron chi connectivity index (χ2n) is 4.27. The fraction of sp³-hybridized carbons (Fsp3) is 0.538. The second-order valence-corrected chi connectivity index (χ2v) is 6.20. The summed E-state index contributed by atoms with van der Waals surface area (Å²) in [5.74, 6) is 0.692. The molecule has 21 heavy (non-hydrogen) atoms. The maximum atomic E-state index is 11.6. The molecule has 0 fully saturated rings. The van der Waals surface area contributed by atoms with E-state index in [2.05, 4.69) is 10.6 Å². The Morgan fingerprint density at radius 1 is 1.38 bits per heavy atom. The number of nitrogens with one attached hydrogen (secondary N) is 2.